The van der Waals surface area contributed by atoms with Gasteiger partial charge in [0.1, 0.15) is 0 Å². The van der Waals surface area contributed by atoms with Crippen LogP contribution in [0.1, 0.15) is 72.1 Å². The van der Waals surface area contributed by atoms with Crippen LogP contribution in [0.3, 0.4) is 0 Å². The number of allylic oxidation sites excluding steroid dienone is 2. The quantitative estimate of drug-likeness (QED) is 0.719. The number of hydrogen-bond acceptors (Lipinski definition) is 2. The average molecular weight is 319 g/mol. The molecule has 0 unspecified atom stereocenters. The maximum absolute atomic E-state index is 13.2. The summed E-state index contributed by atoms with van der Waals surface area (Å²) in [6.45, 7) is 8.80. The van der Waals surface area contributed by atoms with Gasteiger partial charge >= 0.3 is 0 Å². The zero-order chi connectivity index (χ0) is 16.4. The van der Waals surface area contributed by atoms with Gasteiger partial charge in [-0.1, -0.05) is 12.2 Å². The Morgan fingerprint density at radius 2 is 1.87 bits per heavy atom. The summed E-state index contributed by atoms with van der Waals surface area (Å²) in [5.74, 6) is 0.369. The molecule has 0 radical (unpaired) electrons. The molecule has 1 amide bonds. The first kappa shape index (κ1) is 17.0. The molecule has 1 aliphatic carbocycles. The van der Waals surface area contributed by atoms with E-state index in [0.29, 0.717) is 23.4 Å². The van der Waals surface area contributed by atoms with E-state index in [1.165, 1.54) is 38.5 Å². The van der Waals surface area contributed by atoms with Crippen LogP contribution in [0.15, 0.2) is 12.2 Å². The zero-order valence-electron chi connectivity index (χ0n) is 15.3. The minimum absolute atomic E-state index is 0.0427. The van der Waals surface area contributed by atoms with Crippen LogP contribution in [0.25, 0.3) is 0 Å². The van der Waals surface area contributed by atoms with E-state index in [1.54, 1.807) is 0 Å². The highest BCUT2D eigenvalue weighted by Gasteiger charge is 2.40. The van der Waals surface area contributed by atoms with Crippen molar-refractivity contribution in [3.8, 4) is 0 Å². The van der Waals surface area contributed by atoms with Gasteiger partial charge in [0, 0.05) is 18.6 Å². The first-order valence-corrected chi connectivity index (χ1v) is 9.74. The fraction of sp³-hybridized carbons (Fsp3) is 0.850. The Hall–Kier alpha value is -0.830. The van der Waals surface area contributed by atoms with Crippen molar-refractivity contribution in [2.75, 3.05) is 13.1 Å². The molecule has 130 valence electrons. The fourth-order valence-electron chi connectivity index (χ4n) is 5.12. The molecular weight excluding hydrogens is 284 g/mol. The number of nitrogens with zero attached hydrogens (tertiary/aromatic N) is 2. The number of amides is 1. The van der Waals surface area contributed by atoms with Gasteiger partial charge in [-0.25, -0.2) is 0 Å². The van der Waals surface area contributed by atoms with Crippen molar-refractivity contribution in [2.24, 2.45) is 5.41 Å². The maximum atomic E-state index is 13.2. The summed E-state index contributed by atoms with van der Waals surface area (Å²) in [6, 6.07) is 0.858. The van der Waals surface area contributed by atoms with Gasteiger partial charge < -0.3 is 4.90 Å². The SMILES string of the molecule is C[C@H](C(=O)N1[C@H](C)CCC[C@H]1C)N1CCC[C@@]2(CC=CCC2)C1. The van der Waals surface area contributed by atoms with E-state index in [-0.39, 0.29) is 6.04 Å². The van der Waals surface area contributed by atoms with Gasteiger partial charge in [-0.15, -0.1) is 0 Å². The molecule has 0 aromatic heterocycles. The summed E-state index contributed by atoms with van der Waals surface area (Å²) < 4.78 is 0. The summed E-state index contributed by atoms with van der Waals surface area (Å²) in [6.07, 6.45) is 14.6. The molecule has 3 heteroatoms. The number of piperidine rings is 2. The second-order valence-corrected chi connectivity index (χ2v) is 8.34. The number of rotatable bonds is 2. The van der Waals surface area contributed by atoms with Crippen molar-refractivity contribution >= 4 is 5.91 Å². The van der Waals surface area contributed by atoms with Gasteiger partial charge in [0.15, 0.2) is 0 Å². The predicted molar refractivity (Wildman–Crippen MR) is 95.3 cm³/mol. The van der Waals surface area contributed by atoms with Crippen LogP contribution in [-0.4, -0.2) is 46.9 Å². The molecule has 23 heavy (non-hydrogen) atoms. The molecule has 0 bridgehead atoms. The van der Waals surface area contributed by atoms with Crippen LogP contribution in [0.2, 0.25) is 0 Å². The molecule has 4 atom stereocenters. The summed E-state index contributed by atoms with van der Waals surface area (Å²) in [5, 5.41) is 0. The third kappa shape index (κ3) is 3.50. The Morgan fingerprint density at radius 1 is 1.13 bits per heavy atom. The molecule has 2 fully saturated rings. The van der Waals surface area contributed by atoms with Gasteiger partial charge in [-0.2, -0.15) is 0 Å². The second-order valence-electron chi connectivity index (χ2n) is 8.34. The minimum Gasteiger partial charge on any atom is -0.336 e. The molecule has 0 N–H and O–H groups in total. The summed E-state index contributed by atoms with van der Waals surface area (Å²) >= 11 is 0. The zero-order valence-corrected chi connectivity index (χ0v) is 15.3. The van der Waals surface area contributed by atoms with E-state index < -0.39 is 0 Å². The lowest BCUT2D eigenvalue weighted by Crippen LogP contribution is -2.57. The van der Waals surface area contributed by atoms with Crippen molar-refractivity contribution in [2.45, 2.75) is 90.3 Å². The van der Waals surface area contributed by atoms with E-state index in [1.807, 2.05) is 0 Å². The molecule has 0 saturated carbocycles. The number of likely N-dealkylation sites (tertiary alicyclic amines) is 2. The highest BCUT2D eigenvalue weighted by atomic mass is 16.2. The van der Waals surface area contributed by atoms with Crippen LogP contribution < -0.4 is 0 Å². The lowest BCUT2D eigenvalue weighted by atomic mass is 9.71. The first-order chi connectivity index (χ1) is 11.0. The summed E-state index contributed by atoms with van der Waals surface area (Å²) in [5.41, 5.74) is 0.445. The van der Waals surface area contributed by atoms with Crippen LogP contribution in [0, 0.1) is 5.41 Å². The van der Waals surface area contributed by atoms with Crippen LogP contribution in [0.5, 0.6) is 0 Å². The fourth-order valence-corrected chi connectivity index (χ4v) is 5.12. The molecule has 3 nitrogen and oxygen atoms in total. The molecule has 0 aromatic carbocycles. The lowest BCUT2D eigenvalue weighted by molar-refractivity contribution is -0.144. The Labute approximate surface area is 142 Å². The topological polar surface area (TPSA) is 23.6 Å². The molecule has 2 heterocycles. The van der Waals surface area contributed by atoms with E-state index >= 15 is 0 Å². The van der Waals surface area contributed by atoms with Crippen LogP contribution in [-0.2, 0) is 4.79 Å². The van der Waals surface area contributed by atoms with E-state index in [9.17, 15) is 4.79 Å². The van der Waals surface area contributed by atoms with E-state index in [2.05, 4.69) is 42.7 Å². The van der Waals surface area contributed by atoms with Crippen molar-refractivity contribution in [3.63, 3.8) is 0 Å². The van der Waals surface area contributed by atoms with Crippen molar-refractivity contribution in [3.05, 3.63) is 12.2 Å². The maximum Gasteiger partial charge on any atom is 0.240 e. The van der Waals surface area contributed by atoms with Crippen molar-refractivity contribution < 1.29 is 4.79 Å². The molecule has 0 aromatic rings. The van der Waals surface area contributed by atoms with Crippen molar-refractivity contribution in [1.29, 1.82) is 0 Å². The normalized spacial score (nSPS) is 37.1. The molecule has 1 spiro atoms. The second kappa shape index (κ2) is 6.96. The molecule has 3 aliphatic rings. The smallest absolute Gasteiger partial charge is 0.240 e. The Kier molecular flexibility index (Phi) is 5.15. The third-order valence-electron chi connectivity index (χ3n) is 6.60. The van der Waals surface area contributed by atoms with Gasteiger partial charge in [-0.3, -0.25) is 9.69 Å². The third-order valence-corrected chi connectivity index (χ3v) is 6.60. The number of carbonyl (C=O) groups is 1. The predicted octanol–water partition coefficient (Wildman–Crippen LogP) is 3.99. The average Bonchev–Trinajstić information content (AvgIpc) is 2.54. The number of hydrogen-bond donors (Lipinski definition) is 0. The lowest BCUT2D eigenvalue weighted by Gasteiger charge is -2.48. The van der Waals surface area contributed by atoms with E-state index in [4.69, 9.17) is 0 Å². The van der Waals surface area contributed by atoms with Crippen molar-refractivity contribution in [1.82, 2.24) is 9.80 Å². The highest BCUT2D eigenvalue weighted by Crippen LogP contribution is 2.41. The molecular formula is C20H34N2O. The standard InChI is InChI=1S/C20H34N2O/c1-16-9-7-10-17(2)22(16)19(23)18(3)21-14-8-13-20(15-21)11-5-4-6-12-20/h4-5,16-18H,6-15H2,1-3H3/t16-,17-,18-,20+/m1/s1. The molecule has 3 rings (SSSR count). The van der Waals surface area contributed by atoms with Crippen LogP contribution >= 0.6 is 0 Å². The Morgan fingerprint density at radius 3 is 2.52 bits per heavy atom. The van der Waals surface area contributed by atoms with Crippen LogP contribution in [0.4, 0.5) is 0 Å². The Bertz CT molecular complexity index is 451. The molecule has 2 saturated heterocycles. The van der Waals surface area contributed by atoms with Gasteiger partial charge in [0.05, 0.1) is 6.04 Å². The number of carbonyl (C=O) groups excluding carboxylic acids is 1. The highest BCUT2D eigenvalue weighted by molar-refractivity contribution is 5.82. The Balaban J connectivity index is 1.68. The van der Waals surface area contributed by atoms with Gasteiger partial charge in [0.25, 0.3) is 0 Å². The largest absolute Gasteiger partial charge is 0.336 e. The molecule has 2 aliphatic heterocycles. The summed E-state index contributed by atoms with van der Waals surface area (Å²) in [4.78, 5) is 17.8. The minimum atomic E-state index is 0.0427. The summed E-state index contributed by atoms with van der Waals surface area (Å²) in [7, 11) is 0. The first-order valence-electron chi connectivity index (χ1n) is 9.74. The van der Waals surface area contributed by atoms with E-state index in [0.717, 1.165) is 25.9 Å². The van der Waals surface area contributed by atoms with Gasteiger partial charge in [0.2, 0.25) is 5.91 Å². The van der Waals surface area contributed by atoms with Gasteiger partial charge in [-0.05, 0) is 84.1 Å². The monoisotopic (exact) mass is 318 g/mol.